The molecule has 6 heteroatoms. The van der Waals surface area contributed by atoms with E-state index in [0.717, 1.165) is 0 Å². The molecule has 2 aromatic carbocycles. The molecule has 1 amide bonds. The van der Waals surface area contributed by atoms with Crippen molar-refractivity contribution in [3.05, 3.63) is 58.1 Å². The fourth-order valence-electron chi connectivity index (χ4n) is 1.69. The van der Waals surface area contributed by atoms with Crippen LogP contribution in [0, 0.1) is 11.3 Å². The van der Waals surface area contributed by atoms with E-state index < -0.39 is 0 Å². The highest BCUT2D eigenvalue weighted by Crippen LogP contribution is 2.21. The number of nitrogens with one attached hydrogen (secondary N) is 2. The average Bonchev–Trinajstić information content (AvgIpc) is 2.47. The van der Waals surface area contributed by atoms with Gasteiger partial charge in [-0.25, -0.2) is 0 Å². The van der Waals surface area contributed by atoms with E-state index in [1.165, 1.54) is 6.07 Å². The number of carbonyl (C=O) groups excluding carboxylic acids is 1. The van der Waals surface area contributed by atoms with E-state index in [9.17, 15) is 4.79 Å². The predicted molar refractivity (Wildman–Crippen MR) is 84.7 cm³/mol. The number of anilines is 2. The first-order chi connectivity index (χ1) is 10.1. The lowest BCUT2D eigenvalue weighted by Crippen LogP contribution is -2.22. The summed E-state index contributed by atoms with van der Waals surface area (Å²) in [4.78, 5) is 11.9. The summed E-state index contributed by atoms with van der Waals surface area (Å²) in [5.74, 6) is -0.298. The lowest BCUT2D eigenvalue weighted by molar-refractivity contribution is -0.114. The number of para-hydroxylation sites is 1. The molecule has 4 nitrogen and oxygen atoms in total. The first-order valence-corrected chi connectivity index (χ1v) is 6.83. The topological polar surface area (TPSA) is 64.9 Å². The van der Waals surface area contributed by atoms with Crippen molar-refractivity contribution in [1.82, 2.24) is 0 Å². The molecule has 2 aromatic rings. The molecular weight excluding hydrogens is 309 g/mol. The molecule has 0 saturated heterocycles. The Morgan fingerprint density at radius 1 is 1.14 bits per heavy atom. The Morgan fingerprint density at radius 2 is 1.90 bits per heavy atom. The van der Waals surface area contributed by atoms with Crippen LogP contribution in [0.4, 0.5) is 11.4 Å². The van der Waals surface area contributed by atoms with Gasteiger partial charge in [-0.3, -0.25) is 4.79 Å². The standard InChI is InChI=1S/C15H11Cl2N3O/c16-11-6-5-10(8-18)14(7-11)20-15(21)9-19-13-4-2-1-3-12(13)17/h1-7,19H,9H2,(H,20,21). The van der Waals surface area contributed by atoms with Crippen LogP contribution in [0.3, 0.4) is 0 Å². The van der Waals surface area contributed by atoms with Crippen LogP contribution in [0.25, 0.3) is 0 Å². The van der Waals surface area contributed by atoms with Crippen LogP contribution in [0.2, 0.25) is 10.0 Å². The van der Waals surface area contributed by atoms with Crippen molar-refractivity contribution < 1.29 is 4.79 Å². The van der Waals surface area contributed by atoms with Gasteiger partial charge >= 0.3 is 0 Å². The van der Waals surface area contributed by atoms with E-state index in [2.05, 4.69) is 10.6 Å². The second kappa shape index (κ2) is 6.98. The first-order valence-electron chi connectivity index (χ1n) is 6.08. The van der Waals surface area contributed by atoms with E-state index >= 15 is 0 Å². The minimum Gasteiger partial charge on any atom is -0.375 e. The lowest BCUT2D eigenvalue weighted by Gasteiger charge is -2.10. The van der Waals surface area contributed by atoms with Gasteiger partial charge in [-0.2, -0.15) is 5.26 Å². The Bertz CT molecular complexity index is 710. The van der Waals surface area contributed by atoms with Crippen LogP contribution in [-0.4, -0.2) is 12.5 Å². The van der Waals surface area contributed by atoms with Gasteiger partial charge in [-0.1, -0.05) is 35.3 Å². The van der Waals surface area contributed by atoms with Gasteiger partial charge in [0.05, 0.1) is 28.5 Å². The molecule has 2 N–H and O–H groups in total. The van der Waals surface area contributed by atoms with E-state index in [-0.39, 0.29) is 12.5 Å². The summed E-state index contributed by atoms with van der Waals surface area (Å²) in [5.41, 5.74) is 1.40. The molecule has 106 valence electrons. The van der Waals surface area contributed by atoms with Crippen molar-refractivity contribution in [1.29, 1.82) is 5.26 Å². The van der Waals surface area contributed by atoms with Gasteiger partial charge in [-0.15, -0.1) is 0 Å². The van der Waals surface area contributed by atoms with Crippen molar-refractivity contribution in [2.45, 2.75) is 0 Å². The zero-order valence-electron chi connectivity index (χ0n) is 10.9. The number of nitriles is 1. The summed E-state index contributed by atoms with van der Waals surface area (Å²) in [5, 5.41) is 15.5. The van der Waals surface area contributed by atoms with Crippen LogP contribution >= 0.6 is 23.2 Å². The molecule has 0 aliphatic carbocycles. The van der Waals surface area contributed by atoms with Gasteiger partial charge in [0.15, 0.2) is 0 Å². The third-order valence-electron chi connectivity index (χ3n) is 2.69. The summed E-state index contributed by atoms with van der Waals surface area (Å²) in [6, 6.07) is 13.8. The molecule has 0 bridgehead atoms. The Morgan fingerprint density at radius 3 is 2.62 bits per heavy atom. The first kappa shape index (κ1) is 15.2. The number of hydrogen-bond donors (Lipinski definition) is 2. The maximum atomic E-state index is 11.9. The maximum Gasteiger partial charge on any atom is 0.243 e. The Labute approximate surface area is 132 Å². The molecule has 21 heavy (non-hydrogen) atoms. The van der Waals surface area contributed by atoms with Gasteiger partial charge in [-0.05, 0) is 30.3 Å². The van der Waals surface area contributed by atoms with Crippen molar-refractivity contribution in [2.75, 3.05) is 17.2 Å². The third-order valence-corrected chi connectivity index (χ3v) is 3.25. The highest BCUT2D eigenvalue weighted by molar-refractivity contribution is 6.33. The SMILES string of the molecule is N#Cc1ccc(Cl)cc1NC(=O)CNc1ccccc1Cl. The highest BCUT2D eigenvalue weighted by atomic mass is 35.5. The lowest BCUT2D eigenvalue weighted by atomic mass is 10.2. The monoisotopic (exact) mass is 319 g/mol. The van der Waals surface area contributed by atoms with Gasteiger partial charge in [0.25, 0.3) is 0 Å². The zero-order valence-corrected chi connectivity index (χ0v) is 12.4. The van der Waals surface area contributed by atoms with Crippen LogP contribution < -0.4 is 10.6 Å². The number of halogens is 2. The Hall–Kier alpha value is -2.22. The predicted octanol–water partition coefficient (Wildman–Crippen LogP) is 3.92. The minimum absolute atomic E-state index is 0.0289. The Balaban J connectivity index is 2.01. The molecular formula is C15H11Cl2N3O. The summed E-state index contributed by atoms with van der Waals surface area (Å²) < 4.78 is 0. The van der Waals surface area contributed by atoms with E-state index in [4.69, 9.17) is 28.5 Å². The van der Waals surface area contributed by atoms with E-state index in [1.54, 1.807) is 30.3 Å². The molecule has 0 aromatic heterocycles. The summed E-state index contributed by atoms with van der Waals surface area (Å²) >= 11 is 11.8. The zero-order chi connectivity index (χ0) is 15.2. The van der Waals surface area contributed by atoms with E-state index in [0.29, 0.717) is 27.0 Å². The number of amides is 1. The number of benzene rings is 2. The molecule has 0 fully saturated rings. The van der Waals surface area contributed by atoms with Gasteiger partial charge in [0, 0.05) is 5.02 Å². The van der Waals surface area contributed by atoms with Gasteiger partial charge < -0.3 is 10.6 Å². The van der Waals surface area contributed by atoms with Crippen LogP contribution in [0.15, 0.2) is 42.5 Å². The normalized spacial score (nSPS) is 9.76. The highest BCUT2D eigenvalue weighted by Gasteiger charge is 2.08. The van der Waals surface area contributed by atoms with Crippen LogP contribution in [0.1, 0.15) is 5.56 Å². The molecule has 0 radical (unpaired) electrons. The fourth-order valence-corrected chi connectivity index (χ4v) is 2.07. The quantitative estimate of drug-likeness (QED) is 0.897. The second-order valence-corrected chi connectivity index (χ2v) is 5.03. The summed E-state index contributed by atoms with van der Waals surface area (Å²) in [7, 11) is 0. The van der Waals surface area contributed by atoms with Gasteiger partial charge in [0.2, 0.25) is 5.91 Å². The molecule has 0 atom stereocenters. The largest absolute Gasteiger partial charge is 0.375 e. The minimum atomic E-state index is -0.298. The second-order valence-electron chi connectivity index (χ2n) is 4.18. The summed E-state index contributed by atoms with van der Waals surface area (Å²) in [6.07, 6.45) is 0. The number of rotatable bonds is 4. The number of carbonyl (C=O) groups is 1. The molecule has 0 saturated carbocycles. The van der Waals surface area contributed by atoms with Crippen molar-refractivity contribution >= 4 is 40.5 Å². The molecule has 0 heterocycles. The van der Waals surface area contributed by atoms with Crippen molar-refractivity contribution in [3.63, 3.8) is 0 Å². The molecule has 0 unspecified atom stereocenters. The Kier molecular flexibility index (Phi) is 5.04. The average molecular weight is 320 g/mol. The molecule has 0 aliphatic heterocycles. The molecule has 0 aliphatic rings. The number of nitrogens with zero attached hydrogens (tertiary/aromatic N) is 1. The van der Waals surface area contributed by atoms with Crippen molar-refractivity contribution in [3.8, 4) is 6.07 Å². The van der Waals surface area contributed by atoms with E-state index in [1.807, 2.05) is 12.1 Å². The van der Waals surface area contributed by atoms with Gasteiger partial charge in [0.1, 0.15) is 6.07 Å². The third kappa shape index (κ3) is 4.12. The van der Waals surface area contributed by atoms with Crippen LogP contribution in [-0.2, 0) is 4.79 Å². The fraction of sp³-hybridized carbons (Fsp3) is 0.0667. The smallest absolute Gasteiger partial charge is 0.243 e. The van der Waals surface area contributed by atoms with Crippen molar-refractivity contribution in [2.24, 2.45) is 0 Å². The van der Waals surface area contributed by atoms with Crippen LogP contribution in [0.5, 0.6) is 0 Å². The summed E-state index contributed by atoms with van der Waals surface area (Å²) in [6.45, 7) is 0.0289. The molecule has 0 spiro atoms. The maximum absolute atomic E-state index is 11.9. The number of hydrogen-bond acceptors (Lipinski definition) is 3. The molecule has 2 rings (SSSR count).